The van der Waals surface area contributed by atoms with Crippen LogP contribution in [0.2, 0.25) is 0 Å². The summed E-state index contributed by atoms with van der Waals surface area (Å²) in [6, 6.07) is 6.12. The van der Waals surface area contributed by atoms with Crippen molar-refractivity contribution in [2.75, 3.05) is 18.0 Å². The summed E-state index contributed by atoms with van der Waals surface area (Å²) in [5.74, 6) is 0. The monoisotopic (exact) mass is 313 g/mol. The molecule has 0 bridgehead atoms. The molecule has 0 aliphatic carbocycles. The van der Waals surface area contributed by atoms with E-state index in [1.54, 1.807) is 6.92 Å². The zero-order valence-electron chi connectivity index (χ0n) is 11.1. The number of rotatable bonds is 2. The Hall–Kier alpha value is -0.580. The maximum absolute atomic E-state index is 9.63. The lowest BCUT2D eigenvalue weighted by Crippen LogP contribution is -2.45. The second kappa shape index (κ2) is 5.59. The molecule has 1 heterocycles. The number of morpholine rings is 1. The molecule has 1 saturated heterocycles. The lowest BCUT2D eigenvalue weighted by atomic mass is 10.1. The molecule has 3 atom stereocenters. The predicted molar refractivity (Wildman–Crippen MR) is 77.0 cm³/mol. The Balaban J connectivity index is 2.21. The second-order valence-corrected chi connectivity index (χ2v) is 5.90. The highest BCUT2D eigenvalue weighted by Crippen LogP contribution is 2.29. The summed E-state index contributed by atoms with van der Waals surface area (Å²) in [5, 5.41) is 9.63. The van der Waals surface area contributed by atoms with Gasteiger partial charge in [-0.2, -0.15) is 0 Å². The largest absolute Gasteiger partial charge is 0.389 e. The average Bonchev–Trinajstić information content (AvgIpc) is 2.26. The van der Waals surface area contributed by atoms with E-state index in [2.05, 4.69) is 46.8 Å². The number of aliphatic hydroxyl groups excluding tert-OH is 1. The first-order valence-corrected chi connectivity index (χ1v) is 7.14. The van der Waals surface area contributed by atoms with Gasteiger partial charge in [0, 0.05) is 23.2 Å². The van der Waals surface area contributed by atoms with Gasteiger partial charge in [-0.05, 0) is 38.5 Å². The summed E-state index contributed by atoms with van der Waals surface area (Å²) in [4.78, 5) is 2.33. The minimum absolute atomic E-state index is 0.254. The Bertz CT molecular complexity index is 412. The molecule has 1 aromatic rings. The number of hydrogen-bond acceptors (Lipinski definition) is 3. The third kappa shape index (κ3) is 3.05. The Morgan fingerprint density at radius 3 is 2.44 bits per heavy atom. The zero-order chi connectivity index (χ0) is 13.3. The van der Waals surface area contributed by atoms with Crippen LogP contribution in [0.15, 0.2) is 22.7 Å². The number of aliphatic hydroxyl groups is 1. The van der Waals surface area contributed by atoms with Crippen molar-refractivity contribution < 1.29 is 9.84 Å². The van der Waals surface area contributed by atoms with Crippen LogP contribution in [0.25, 0.3) is 0 Å². The van der Waals surface area contributed by atoms with E-state index in [0.717, 1.165) is 23.1 Å². The quantitative estimate of drug-likeness (QED) is 0.910. The van der Waals surface area contributed by atoms with Gasteiger partial charge in [-0.15, -0.1) is 0 Å². The lowest BCUT2D eigenvalue weighted by Gasteiger charge is -2.37. The van der Waals surface area contributed by atoms with Crippen molar-refractivity contribution in [2.24, 2.45) is 0 Å². The van der Waals surface area contributed by atoms with E-state index in [1.165, 1.54) is 5.69 Å². The molecule has 1 aliphatic rings. The number of benzene rings is 1. The summed E-state index contributed by atoms with van der Waals surface area (Å²) in [6.07, 6.45) is 0.0592. The van der Waals surface area contributed by atoms with Crippen LogP contribution in [-0.4, -0.2) is 30.4 Å². The summed E-state index contributed by atoms with van der Waals surface area (Å²) in [5.41, 5.74) is 2.10. The van der Waals surface area contributed by atoms with Crippen LogP contribution >= 0.6 is 15.9 Å². The molecule has 100 valence electrons. The van der Waals surface area contributed by atoms with Gasteiger partial charge in [0.2, 0.25) is 0 Å². The van der Waals surface area contributed by atoms with Crippen molar-refractivity contribution in [3.05, 3.63) is 28.2 Å². The van der Waals surface area contributed by atoms with Gasteiger partial charge < -0.3 is 14.7 Å². The molecule has 0 aromatic heterocycles. The molecule has 0 spiro atoms. The molecule has 0 saturated carbocycles. The van der Waals surface area contributed by atoms with Gasteiger partial charge in [0.15, 0.2) is 0 Å². The summed E-state index contributed by atoms with van der Waals surface area (Å²) in [6.45, 7) is 7.79. The van der Waals surface area contributed by atoms with Crippen molar-refractivity contribution >= 4 is 21.6 Å². The SMILES string of the molecule is C[C@@H]1CN(c2ccc([C@@H](C)O)c(Br)c2)C[C@H](C)O1. The molecule has 1 N–H and O–H groups in total. The highest BCUT2D eigenvalue weighted by molar-refractivity contribution is 9.10. The van der Waals surface area contributed by atoms with Gasteiger partial charge >= 0.3 is 0 Å². The molecule has 2 rings (SSSR count). The van der Waals surface area contributed by atoms with Gasteiger partial charge in [0.1, 0.15) is 0 Å². The Kier molecular flexibility index (Phi) is 4.30. The van der Waals surface area contributed by atoms with Crippen LogP contribution in [0, 0.1) is 0 Å². The van der Waals surface area contributed by atoms with E-state index in [4.69, 9.17) is 4.74 Å². The predicted octanol–water partition coefficient (Wildman–Crippen LogP) is 3.12. The number of ether oxygens (including phenoxy) is 1. The van der Waals surface area contributed by atoms with Crippen molar-refractivity contribution in [3.63, 3.8) is 0 Å². The summed E-state index contributed by atoms with van der Waals surface area (Å²) >= 11 is 3.53. The van der Waals surface area contributed by atoms with Crippen molar-refractivity contribution in [3.8, 4) is 0 Å². The molecular weight excluding hydrogens is 294 g/mol. The molecule has 0 radical (unpaired) electrons. The maximum atomic E-state index is 9.63. The molecule has 18 heavy (non-hydrogen) atoms. The highest BCUT2D eigenvalue weighted by atomic mass is 79.9. The third-order valence-corrected chi connectivity index (χ3v) is 3.91. The van der Waals surface area contributed by atoms with E-state index >= 15 is 0 Å². The van der Waals surface area contributed by atoms with Gasteiger partial charge in [-0.1, -0.05) is 22.0 Å². The Labute approximate surface area is 117 Å². The molecular formula is C14H20BrNO2. The highest BCUT2D eigenvalue weighted by Gasteiger charge is 2.22. The molecule has 4 heteroatoms. The number of nitrogens with zero attached hydrogens (tertiary/aromatic N) is 1. The van der Waals surface area contributed by atoms with Crippen molar-refractivity contribution in [2.45, 2.75) is 39.1 Å². The van der Waals surface area contributed by atoms with E-state index in [9.17, 15) is 5.11 Å². The fourth-order valence-electron chi connectivity index (χ4n) is 2.44. The molecule has 1 fully saturated rings. The topological polar surface area (TPSA) is 32.7 Å². The fraction of sp³-hybridized carbons (Fsp3) is 0.571. The molecule has 0 amide bonds. The van der Waals surface area contributed by atoms with Crippen LogP contribution in [0.1, 0.15) is 32.4 Å². The molecule has 1 aliphatic heterocycles. The summed E-state index contributed by atoms with van der Waals surface area (Å²) in [7, 11) is 0. The van der Waals surface area contributed by atoms with Gasteiger partial charge in [0.05, 0.1) is 18.3 Å². The van der Waals surface area contributed by atoms with Crippen LogP contribution < -0.4 is 4.90 Å². The lowest BCUT2D eigenvalue weighted by molar-refractivity contribution is -0.00522. The minimum atomic E-state index is -0.448. The average molecular weight is 314 g/mol. The minimum Gasteiger partial charge on any atom is -0.389 e. The van der Waals surface area contributed by atoms with Crippen LogP contribution in [0.4, 0.5) is 5.69 Å². The van der Waals surface area contributed by atoms with Gasteiger partial charge in [-0.25, -0.2) is 0 Å². The first-order chi connectivity index (χ1) is 8.47. The van der Waals surface area contributed by atoms with Crippen LogP contribution in [0.3, 0.4) is 0 Å². The van der Waals surface area contributed by atoms with Crippen LogP contribution in [0.5, 0.6) is 0 Å². The standard InChI is InChI=1S/C14H20BrNO2/c1-9-7-16(8-10(2)18-9)12-4-5-13(11(3)17)14(15)6-12/h4-6,9-11,17H,7-8H2,1-3H3/t9-,10+,11-/m1/s1. The smallest absolute Gasteiger partial charge is 0.0772 e. The van der Waals surface area contributed by atoms with Crippen molar-refractivity contribution in [1.29, 1.82) is 0 Å². The molecule has 0 unspecified atom stereocenters. The number of halogens is 1. The normalized spacial score (nSPS) is 26.2. The van der Waals surface area contributed by atoms with Crippen molar-refractivity contribution in [1.82, 2.24) is 0 Å². The van der Waals surface area contributed by atoms with E-state index in [-0.39, 0.29) is 12.2 Å². The third-order valence-electron chi connectivity index (χ3n) is 3.22. The summed E-state index contributed by atoms with van der Waals surface area (Å²) < 4.78 is 6.70. The first kappa shape index (κ1) is 13.8. The van der Waals surface area contributed by atoms with Crippen LogP contribution in [-0.2, 0) is 4.74 Å². The first-order valence-electron chi connectivity index (χ1n) is 6.35. The fourth-order valence-corrected chi connectivity index (χ4v) is 3.14. The maximum Gasteiger partial charge on any atom is 0.0772 e. The molecule has 3 nitrogen and oxygen atoms in total. The van der Waals surface area contributed by atoms with E-state index in [0.29, 0.717) is 0 Å². The zero-order valence-corrected chi connectivity index (χ0v) is 12.6. The second-order valence-electron chi connectivity index (χ2n) is 5.04. The molecule has 1 aromatic carbocycles. The van der Waals surface area contributed by atoms with E-state index < -0.39 is 6.10 Å². The Morgan fingerprint density at radius 1 is 1.33 bits per heavy atom. The van der Waals surface area contributed by atoms with E-state index in [1.807, 2.05) is 6.07 Å². The van der Waals surface area contributed by atoms with Gasteiger partial charge in [-0.3, -0.25) is 0 Å². The number of hydrogen-bond donors (Lipinski definition) is 1. The Morgan fingerprint density at radius 2 is 1.94 bits per heavy atom. The van der Waals surface area contributed by atoms with Gasteiger partial charge in [0.25, 0.3) is 0 Å². The number of anilines is 1.